The zero-order valence-corrected chi connectivity index (χ0v) is 20.2. The summed E-state index contributed by atoms with van der Waals surface area (Å²) in [5.74, 6) is 0.545. The zero-order chi connectivity index (χ0) is 24.8. The van der Waals surface area contributed by atoms with E-state index in [9.17, 15) is 4.79 Å². The van der Waals surface area contributed by atoms with E-state index in [1.54, 1.807) is 25.5 Å². The number of hydrogen-bond donors (Lipinski definition) is 1. The van der Waals surface area contributed by atoms with Gasteiger partial charge in [0.25, 0.3) is 5.91 Å². The maximum atomic E-state index is 12.3. The Morgan fingerprint density at radius 2 is 1.89 bits per heavy atom. The lowest BCUT2D eigenvalue weighted by molar-refractivity contribution is 0.0955. The molecule has 0 spiro atoms. The molecule has 1 heterocycles. The summed E-state index contributed by atoms with van der Waals surface area (Å²) in [5.41, 5.74) is 7.91. The highest BCUT2D eigenvalue weighted by Gasteiger charge is 2.43. The topological polar surface area (TPSA) is 77.7 Å². The Hall–Kier alpha value is -4.37. The van der Waals surface area contributed by atoms with E-state index in [1.165, 1.54) is 0 Å². The summed E-state index contributed by atoms with van der Waals surface area (Å²) in [4.78, 5) is 14.6. The molecule has 4 rings (SSSR count). The number of ether oxygens (including phenoxy) is 1. The molecular formula is C29H28N4O2. The van der Waals surface area contributed by atoms with Crippen molar-refractivity contribution in [2.45, 2.75) is 25.7 Å². The van der Waals surface area contributed by atoms with Crippen LogP contribution in [-0.4, -0.2) is 25.8 Å². The summed E-state index contributed by atoms with van der Waals surface area (Å²) in [6.07, 6.45) is 4.33. The lowest BCUT2D eigenvalue weighted by atomic mass is 9.76. The summed E-state index contributed by atoms with van der Waals surface area (Å²) in [6.45, 7) is 5.10. The van der Waals surface area contributed by atoms with Crippen LogP contribution in [0.1, 0.15) is 40.9 Å². The van der Waals surface area contributed by atoms with Crippen molar-refractivity contribution in [2.24, 2.45) is 5.10 Å². The number of fused-ring (bicyclic) bond motifs is 1. The summed E-state index contributed by atoms with van der Waals surface area (Å²) < 4.78 is 5.54. The summed E-state index contributed by atoms with van der Waals surface area (Å²) in [7, 11) is 1.67. The molecule has 1 amide bonds. The number of rotatable bonds is 7. The van der Waals surface area contributed by atoms with Crippen LogP contribution < -0.4 is 15.1 Å². The molecule has 3 aromatic rings. The van der Waals surface area contributed by atoms with E-state index in [-0.39, 0.29) is 11.3 Å². The lowest BCUT2D eigenvalue weighted by Gasteiger charge is -2.30. The normalized spacial score (nSPS) is 17.9. The smallest absolute Gasteiger partial charge is 0.271 e. The van der Waals surface area contributed by atoms with E-state index in [0.29, 0.717) is 11.1 Å². The number of likely N-dealkylation sites (N-methyl/N-ethyl adjacent to an activating group) is 1. The molecule has 0 radical (unpaired) electrons. The summed E-state index contributed by atoms with van der Waals surface area (Å²) >= 11 is 0. The molecule has 1 N–H and O–H groups in total. The average molecular weight is 465 g/mol. The fraction of sp³-hybridized carbons (Fsp3) is 0.207. The number of amides is 1. The minimum atomic E-state index is -0.372. The van der Waals surface area contributed by atoms with Gasteiger partial charge in [-0.15, -0.1) is 0 Å². The Labute approximate surface area is 206 Å². The highest BCUT2D eigenvalue weighted by molar-refractivity contribution is 5.94. The van der Waals surface area contributed by atoms with Gasteiger partial charge in [0.05, 0.1) is 18.7 Å². The minimum Gasteiger partial charge on any atom is -0.497 e. The highest BCUT2D eigenvalue weighted by atomic mass is 16.5. The molecule has 3 aromatic carbocycles. The zero-order valence-electron chi connectivity index (χ0n) is 20.2. The Kier molecular flexibility index (Phi) is 6.98. The predicted molar refractivity (Wildman–Crippen MR) is 139 cm³/mol. The number of hydrogen-bond acceptors (Lipinski definition) is 5. The van der Waals surface area contributed by atoms with Gasteiger partial charge in [0.15, 0.2) is 0 Å². The van der Waals surface area contributed by atoms with Crippen LogP contribution in [-0.2, 0) is 11.8 Å². The first kappa shape index (κ1) is 23.8. The molecule has 1 atom stereocenters. The number of anilines is 1. The van der Waals surface area contributed by atoms with Gasteiger partial charge in [0, 0.05) is 35.1 Å². The molecule has 0 fully saturated rings. The number of allylic oxidation sites excluding steroid dienone is 2. The fourth-order valence-corrected chi connectivity index (χ4v) is 4.65. The van der Waals surface area contributed by atoms with Crippen LogP contribution in [0.4, 0.5) is 5.69 Å². The van der Waals surface area contributed by atoms with Gasteiger partial charge in [0.2, 0.25) is 0 Å². The third kappa shape index (κ3) is 4.80. The highest BCUT2D eigenvalue weighted by Crippen LogP contribution is 2.50. The summed E-state index contributed by atoms with van der Waals surface area (Å²) in [6, 6.07) is 25.0. The molecule has 1 aliphatic heterocycles. The van der Waals surface area contributed by atoms with Gasteiger partial charge in [-0.1, -0.05) is 30.3 Å². The number of hydrazone groups is 1. The van der Waals surface area contributed by atoms with E-state index in [2.05, 4.69) is 47.5 Å². The standard InChI is InChI=1S/C29H28N4O2/c1-4-33-26-15-14-24(35-3)18-25(26)29(2,19-21-10-12-22(20-30)13-11-21)27(33)16-17-31-32-28(34)23-8-6-5-7-9-23/h5-18H,4,19H2,1-3H3,(H,32,34)/b27-16-,31-17+. The number of nitrogens with zero attached hydrogens (tertiary/aromatic N) is 3. The third-order valence-electron chi connectivity index (χ3n) is 6.41. The largest absolute Gasteiger partial charge is 0.497 e. The molecule has 0 aliphatic carbocycles. The van der Waals surface area contributed by atoms with Crippen molar-refractivity contribution in [3.8, 4) is 11.8 Å². The first-order chi connectivity index (χ1) is 17.0. The van der Waals surface area contributed by atoms with Crippen LogP contribution in [0.2, 0.25) is 0 Å². The Bertz CT molecular complexity index is 1310. The quantitative estimate of drug-likeness (QED) is 0.385. The van der Waals surface area contributed by atoms with Crippen molar-refractivity contribution >= 4 is 17.8 Å². The van der Waals surface area contributed by atoms with Gasteiger partial charge in [-0.05, 0) is 79.9 Å². The van der Waals surface area contributed by atoms with Crippen molar-refractivity contribution < 1.29 is 9.53 Å². The van der Waals surface area contributed by atoms with Gasteiger partial charge in [-0.2, -0.15) is 10.4 Å². The third-order valence-corrected chi connectivity index (χ3v) is 6.41. The van der Waals surface area contributed by atoms with Crippen LogP contribution in [0.25, 0.3) is 0 Å². The van der Waals surface area contributed by atoms with Crippen LogP contribution in [0.15, 0.2) is 89.7 Å². The van der Waals surface area contributed by atoms with E-state index in [0.717, 1.165) is 41.2 Å². The molecule has 0 bridgehead atoms. The number of methoxy groups -OCH3 is 1. The number of nitrogens with one attached hydrogen (secondary N) is 1. The lowest BCUT2D eigenvalue weighted by Crippen LogP contribution is -2.31. The second-order valence-corrected chi connectivity index (χ2v) is 8.58. The van der Waals surface area contributed by atoms with Crippen molar-refractivity contribution in [2.75, 3.05) is 18.6 Å². The Morgan fingerprint density at radius 3 is 2.54 bits per heavy atom. The van der Waals surface area contributed by atoms with Crippen molar-refractivity contribution in [3.63, 3.8) is 0 Å². The second kappa shape index (κ2) is 10.3. The number of carbonyl (C=O) groups is 1. The monoisotopic (exact) mass is 464 g/mol. The average Bonchev–Trinajstić information content (AvgIpc) is 3.13. The van der Waals surface area contributed by atoms with Gasteiger partial charge in [-0.25, -0.2) is 5.43 Å². The van der Waals surface area contributed by atoms with Crippen molar-refractivity contribution in [1.82, 2.24) is 5.43 Å². The van der Waals surface area contributed by atoms with Gasteiger partial charge in [0.1, 0.15) is 5.75 Å². The molecule has 1 aliphatic rings. The molecule has 0 saturated carbocycles. The minimum absolute atomic E-state index is 0.257. The molecule has 6 heteroatoms. The van der Waals surface area contributed by atoms with Gasteiger partial charge >= 0.3 is 0 Å². The molecular weight excluding hydrogens is 436 g/mol. The maximum absolute atomic E-state index is 12.3. The van der Waals surface area contributed by atoms with Crippen LogP contribution in [0.3, 0.4) is 0 Å². The van der Waals surface area contributed by atoms with Crippen molar-refractivity contribution in [1.29, 1.82) is 5.26 Å². The van der Waals surface area contributed by atoms with Gasteiger partial charge < -0.3 is 9.64 Å². The number of benzene rings is 3. The van der Waals surface area contributed by atoms with Crippen LogP contribution in [0, 0.1) is 11.3 Å². The van der Waals surface area contributed by atoms with Crippen LogP contribution in [0.5, 0.6) is 5.75 Å². The maximum Gasteiger partial charge on any atom is 0.271 e. The first-order valence-electron chi connectivity index (χ1n) is 11.5. The number of nitriles is 1. The van der Waals surface area contributed by atoms with E-state index in [1.807, 2.05) is 54.6 Å². The first-order valence-corrected chi connectivity index (χ1v) is 11.5. The molecule has 1 unspecified atom stereocenters. The molecule has 35 heavy (non-hydrogen) atoms. The molecule has 176 valence electrons. The fourth-order valence-electron chi connectivity index (χ4n) is 4.65. The summed E-state index contributed by atoms with van der Waals surface area (Å²) in [5, 5.41) is 13.4. The predicted octanol–water partition coefficient (Wildman–Crippen LogP) is 5.21. The SMILES string of the molecule is CCN1/C(=C\C=N\NC(=O)c2ccccc2)C(C)(Cc2ccc(C#N)cc2)c2cc(OC)ccc21. The Balaban J connectivity index is 1.69. The van der Waals surface area contributed by atoms with Crippen LogP contribution >= 0.6 is 0 Å². The van der Waals surface area contributed by atoms with Crippen molar-refractivity contribution in [3.05, 3.63) is 107 Å². The van der Waals surface area contributed by atoms with E-state index >= 15 is 0 Å². The molecule has 0 aromatic heterocycles. The second-order valence-electron chi connectivity index (χ2n) is 8.58. The Morgan fingerprint density at radius 1 is 1.14 bits per heavy atom. The molecule has 6 nitrogen and oxygen atoms in total. The molecule has 0 saturated heterocycles. The van der Waals surface area contributed by atoms with E-state index < -0.39 is 0 Å². The number of carbonyl (C=O) groups excluding carboxylic acids is 1. The van der Waals surface area contributed by atoms with Gasteiger partial charge in [-0.3, -0.25) is 4.79 Å². The van der Waals surface area contributed by atoms with E-state index in [4.69, 9.17) is 10.00 Å².